The van der Waals surface area contributed by atoms with Crippen LogP contribution in [0.2, 0.25) is 0 Å². The van der Waals surface area contributed by atoms with Gasteiger partial charge in [-0.3, -0.25) is 9.69 Å². The molecule has 2 aliphatic rings. The maximum absolute atomic E-state index is 13.8. The Labute approximate surface area is 208 Å². The van der Waals surface area contributed by atoms with Crippen LogP contribution in [0.3, 0.4) is 0 Å². The number of benzene rings is 2. The number of aryl methyl sites for hydroxylation is 1. The van der Waals surface area contributed by atoms with Crippen LogP contribution in [-0.2, 0) is 6.54 Å². The van der Waals surface area contributed by atoms with Crippen molar-refractivity contribution in [3.63, 3.8) is 0 Å². The third kappa shape index (κ3) is 5.39. The Kier molecular flexibility index (Phi) is 6.95. The van der Waals surface area contributed by atoms with Gasteiger partial charge in [-0.1, -0.05) is 12.2 Å². The molecule has 1 amide bonds. The lowest BCUT2D eigenvalue weighted by Crippen LogP contribution is -2.45. The molecule has 6 nitrogen and oxygen atoms in total. The van der Waals surface area contributed by atoms with Crippen LogP contribution in [0, 0.1) is 18.6 Å². The zero-order valence-corrected chi connectivity index (χ0v) is 20.1. The first-order valence-corrected chi connectivity index (χ1v) is 12.1. The minimum Gasteiger partial charge on any atom is -0.441 e. The van der Waals surface area contributed by atoms with Gasteiger partial charge in [-0.05, 0) is 62.2 Å². The van der Waals surface area contributed by atoms with Crippen LogP contribution in [0.15, 0.2) is 70.8 Å². The van der Waals surface area contributed by atoms with Crippen LogP contribution >= 0.6 is 0 Å². The third-order valence-corrected chi connectivity index (χ3v) is 6.55. The molecule has 186 valence electrons. The number of amides is 1. The third-order valence-electron chi connectivity index (χ3n) is 6.55. The maximum atomic E-state index is 13.8. The molecule has 1 aromatic heterocycles. The van der Waals surface area contributed by atoms with Gasteiger partial charge in [0.05, 0.1) is 11.4 Å². The average molecular weight is 491 g/mol. The summed E-state index contributed by atoms with van der Waals surface area (Å²) in [6, 6.07) is 9.75. The number of hydrogen-bond donors (Lipinski definition) is 1. The minimum absolute atomic E-state index is 0.0776. The molecule has 2 aromatic carbocycles. The van der Waals surface area contributed by atoms with Crippen molar-refractivity contribution >= 4 is 11.6 Å². The molecule has 1 fully saturated rings. The van der Waals surface area contributed by atoms with E-state index in [9.17, 15) is 13.6 Å². The predicted octanol–water partition coefficient (Wildman–Crippen LogP) is 5.53. The molecule has 1 saturated heterocycles. The summed E-state index contributed by atoms with van der Waals surface area (Å²) in [5.41, 5.74) is 3.25. The Morgan fingerprint density at radius 3 is 2.53 bits per heavy atom. The average Bonchev–Trinajstić information content (AvgIpc) is 3.26. The largest absolute Gasteiger partial charge is 0.441 e. The molecule has 8 heteroatoms. The van der Waals surface area contributed by atoms with Crippen molar-refractivity contribution in [1.29, 1.82) is 0 Å². The summed E-state index contributed by atoms with van der Waals surface area (Å²) in [7, 11) is 0. The van der Waals surface area contributed by atoms with Crippen molar-refractivity contribution in [2.24, 2.45) is 0 Å². The van der Waals surface area contributed by atoms with Crippen molar-refractivity contribution in [1.82, 2.24) is 14.8 Å². The predicted molar refractivity (Wildman–Crippen MR) is 134 cm³/mol. The number of nitrogens with one attached hydrogen (secondary N) is 1. The van der Waals surface area contributed by atoms with Gasteiger partial charge in [0.25, 0.3) is 5.91 Å². The monoisotopic (exact) mass is 490 g/mol. The SMILES string of the molecule is Cc1oc(-c2ccc(C(=O)Nc3ccc(F)cc3F)cc2)nc1CN1CCN(C2=CCCC=C2)CC1. The van der Waals surface area contributed by atoms with Crippen LogP contribution in [0.4, 0.5) is 14.5 Å². The van der Waals surface area contributed by atoms with Gasteiger partial charge in [0, 0.05) is 55.6 Å². The van der Waals surface area contributed by atoms with Crippen molar-refractivity contribution in [3.8, 4) is 11.5 Å². The summed E-state index contributed by atoms with van der Waals surface area (Å²) >= 11 is 0. The number of rotatable bonds is 6. The van der Waals surface area contributed by atoms with Gasteiger partial charge in [-0.25, -0.2) is 13.8 Å². The molecule has 0 saturated carbocycles. The zero-order chi connectivity index (χ0) is 25.1. The highest BCUT2D eigenvalue weighted by atomic mass is 19.1. The Hall–Kier alpha value is -3.78. The molecular formula is C28H28F2N4O2. The van der Waals surface area contributed by atoms with E-state index in [4.69, 9.17) is 9.40 Å². The summed E-state index contributed by atoms with van der Waals surface area (Å²) in [6.07, 6.45) is 9.03. The number of halogens is 2. The molecule has 1 aliphatic heterocycles. The summed E-state index contributed by atoms with van der Waals surface area (Å²) in [5, 5.41) is 2.46. The second-order valence-electron chi connectivity index (χ2n) is 9.05. The summed E-state index contributed by atoms with van der Waals surface area (Å²) in [5.74, 6) is -0.747. The normalized spacial score (nSPS) is 16.2. The molecule has 0 spiro atoms. The lowest BCUT2D eigenvalue weighted by molar-refractivity contribution is 0.102. The van der Waals surface area contributed by atoms with E-state index >= 15 is 0 Å². The molecular weight excluding hydrogens is 462 g/mol. The first kappa shape index (κ1) is 23.9. The van der Waals surface area contributed by atoms with E-state index in [0.29, 0.717) is 11.5 Å². The highest BCUT2D eigenvalue weighted by Crippen LogP contribution is 2.25. The fourth-order valence-electron chi connectivity index (χ4n) is 4.46. The maximum Gasteiger partial charge on any atom is 0.255 e. The van der Waals surface area contributed by atoms with E-state index in [1.54, 1.807) is 24.3 Å². The van der Waals surface area contributed by atoms with Crippen LogP contribution < -0.4 is 5.32 Å². The molecule has 36 heavy (non-hydrogen) atoms. The number of anilines is 1. The number of aromatic nitrogens is 1. The van der Waals surface area contributed by atoms with E-state index in [1.165, 1.54) is 11.8 Å². The number of allylic oxidation sites excluding steroid dienone is 3. The molecule has 5 rings (SSSR count). The van der Waals surface area contributed by atoms with Gasteiger partial charge >= 0.3 is 0 Å². The van der Waals surface area contributed by atoms with Gasteiger partial charge in [0.1, 0.15) is 17.4 Å². The number of hydrogen-bond acceptors (Lipinski definition) is 5. The van der Waals surface area contributed by atoms with Crippen molar-refractivity contribution in [3.05, 3.63) is 95.0 Å². The van der Waals surface area contributed by atoms with Crippen LogP contribution in [0.5, 0.6) is 0 Å². The number of carbonyl (C=O) groups is 1. The smallest absolute Gasteiger partial charge is 0.255 e. The number of piperazine rings is 1. The summed E-state index contributed by atoms with van der Waals surface area (Å²) < 4.78 is 32.9. The molecule has 0 bridgehead atoms. The fourth-order valence-corrected chi connectivity index (χ4v) is 4.46. The van der Waals surface area contributed by atoms with Gasteiger partial charge in [0.2, 0.25) is 5.89 Å². The lowest BCUT2D eigenvalue weighted by Gasteiger charge is -2.36. The zero-order valence-electron chi connectivity index (χ0n) is 20.1. The van der Waals surface area contributed by atoms with Gasteiger partial charge in [0.15, 0.2) is 0 Å². The van der Waals surface area contributed by atoms with Crippen molar-refractivity contribution in [2.75, 3.05) is 31.5 Å². The Balaban J connectivity index is 1.20. The number of oxazole rings is 1. The molecule has 1 aliphatic carbocycles. The highest BCUT2D eigenvalue weighted by molar-refractivity contribution is 6.04. The number of carbonyl (C=O) groups excluding carboxylic acids is 1. The lowest BCUT2D eigenvalue weighted by atomic mass is 10.1. The van der Waals surface area contributed by atoms with Crippen LogP contribution in [0.25, 0.3) is 11.5 Å². The standard InChI is InChI=1S/C28H28F2N4O2/c1-19-26(18-33-13-15-34(16-14-33)23-5-3-2-4-6-23)32-28(36-19)21-9-7-20(8-10-21)27(35)31-25-12-11-22(29)17-24(25)30/h3,5-12,17H,2,4,13-16,18H2,1H3,(H,31,35). The Morgan fingerprint density at radius 2 is 1.83 bits per heavy atom. The van der Waals surface area contributed by atoms with Crippen molar-refractivity contribution < 1.29 is 18.0 Å². The van der Waals surface area contributed by atoms with Gasteiger partial charge < -0.3 is 14.6 Å². The molecule has 0 unspecified atom stereocenters. The quantitative estimate of drug-likeness (QED) is 0.492. The summed E-state index contributed by atoms with van der Waals surface area (Å²) in [6.45, 7) is 6.55. The molecule has 0 radical (unpaired) electrons. The van der Waals surface area contributed by atoms with Gasteiger partial charge in [-0.2, -0.15) is 0 Å². The van der Waals surface area contributed by atoms with Crippen LogP contribution in [0.1, 0.15) is 34.7 Å². The Bertz CT molecular complexity index is 1310. The molecule has 3 aromatic rings. The second-order valence-corrected chi connectivity index (χ2v) is 9.05. The topological polar surface area (TPSA) is 61.6 Å². The van der Waals surface area contributed by atoms with E-state index in [-0.39, 0.29) is 5.69 Å². The van der Waals surface area contributed by atoms with E-state index < -0.39 is 17.5 Å². The molecule has 2 heterocycles. The Morgan fingerprint density at radius 1 is 1.06 bits per heavy atom. The highest BCUT2D eigenvalue weighted by Gasteiger charge is 2.21. The van der Waals surface area contributed by atoms with E-state index in [2.05, 4.69) is 33.3 Å². The fraction of sp³-hybridized carbons (Fsp3) is 0.286. The second kappa shape index (κ2) is 10.5. The van der Waals surface area contributed by atoms with E-state index in [1.807, 2.05) is 6.92 Å². The number of nitrogens with zero attached hydrogens (tertiary/aromatic N) is 3. The minimum atomic E-state index is -0.827. The van der Waals surface area contributed by atoms with E-state index in [0.717, 1.165) is 74.7 Å². The molecule has 1 N–H and O–H groups in total. The van der Waals surface area contributed by atoms with Crippen LogP contribution in [-0.4, -0.2) is 46.9 Å². The van der Waals surface area contributed by atoms with Crippen molar-refractivity contribution in [2.45, 2.75) is 26.3 Å². The first-order chi connectivity index (χ1) is 17.5. The molecule has 0 atom stereocenters. The first-order valence-electron chi connectivity index (χ1n) is 12.1. The summed E-state index contributed by atoms with van der Waals surface area (Å²) in [4.78, 5) is 22.0. The van der Waals surface area contributed by atoms with Gasteiger partial charge in [-0.15, -0.1) is 0 Å².